The van der Waals surface area contributed by atoms with Crippen molar-refractivity contribution in [2.45, 2.75) is 48.3 Å². The van der Waals surface area contributed by atoms with Gasteiger partial charge in [-0.15, -0.1) is 11.8 Å². The van der Waals surface area contributed by atoms with Crippen molar-refractivity contribution in [2.24, 2.45) is 0 Å². The van der Waals surface area contributed by atoms with Crippen LogP contribution in [-0.4, -0.2) is 35.7 Å². The molecule has 24 heavy (non-hydrogen) atoms. The predicted octanol–water partition coefficient (Wildman–Crippen LogP) is 2.09. The van der Waals surface area contributed by atoms with Crippen LogP contribution in [0.2, 0.25) is 0 Å². The monoisotopic (exact) mass is 348 g/mol. The van der Waals surface area contributed by atoms with Gasteiger partial charge in [0.25, 0.3) is 5.91 Å². The molecule has 0 unspecified atom stereocenters. The van der Waals surface area contributed by atoms with Crippen molar-refractivity contribution in [1.29, 1.82) is 0 Å². The van der Waals surface area contributed by atoms with Gasteiger partial charge in [0, 0.05) is 10.9 Å². The van der Waals surface area contributed by atoms with Crippen LogP contribution in [0.3, 0.4) is 0 Å². The molecule has 6 nitrogen and oxygen atoms in total. The van der Waals surface area contributed by atoms with E-state index in [0.717, 1.165) is 36.3 Å². The lowest BCUT2D eigenvalue weighted by atomic mass is 10.2. The first-order valence-corrected chi connectivity index (χ1v) is 9.01. The van der Waals surface area contributed by atoms with Crippen LogP contribution < -0.4 is 10.6 Å². The van der Waals surface area contributed by atoms with Gasteiger partial charge < -0.3 is 15.4 Å². The number of anilines is 1. The van der Waals surface area contributed by atoms with Gasteiger partial charge in [0.1, 0.15) is 0 Å². The van der Waals surface area contributed by atoms with E-state index in [0.29, 0.717) is 0 Å². The third-order valence-electron chi connectivity index (χ3n) is 4.14. The van der Waals surface area contributed by atoms with Gasteiger partial charge in [0.05, 0.1) is 17.4 Å². The first-order chi connectivity index (χ1) is 11.6. The molecule has 0 saturated heterocycles. The smallest absolute Gasteiger partial charge is 0.307 e. The number of hydrogen-bond donors (Lipinski definition) is 2. The maximum absolute atomic E-state index is 12.0. The summed E-state index contributed by atoms with van der Waals surface area (Å²) in [6.45, 7) is -0.287. The highest BCUT2D eigenvalue weighted by atomic mass is 32.2. The van der Waals surface area contributed by atoms with Crippen molar-refractivity contribution in [3.05, 3.63) is 24.3 Å². The fraction of sp³-hybridized carbons (Fsp3) is 0.471. The topological polar surface area (TPSA) is 84.5 Å². The van der Waals surface area contributed by atoms with E-state index in [1.54, 1.807) is 0 Å². The molecule has 1 fully saturated rings. The lowest BCUT2D eigenvalue weighted by molar-refractivity contribution is -0.149. The van der Waals surface area contributed by atoms with E-state index in [-0.39, 0.29) is 30.9 Å². The Morgan fingerprint density at radius 1 is 1.25 bits per heavy atom. The normalized spacial score (nSPS) is 20.2. The first-order valence-electron chi connectivity index (χ1n) is 8.13. The van der Waals surface area contributed by atoms with Crippen molar-refractivity contribution in [3.63, 3.8) is 0 Å². The predicted molar refractivity (Wildman–Crippen MR) is 90.7 cm³/mol. The van der Waals surface area contributed by atoms with Gasteiger partial charge in [0.15, 0.2) is 6.61 Å². The van der Waals surface area contributed by atoms with Gasteiger partial charge in [-0.3, -0.25) is 14.4 Å². The number of carbonyl (C=O) groups is 3. The van der Waals surface area contributed by atoms with Crippen LogP contribution in [0.4, 0.5) is 5.69 Å². The zero-order chi connectivity index (χ0) is 16.9. The van der Waals surface area contributed by atoms with Gasteiger partial charge >= 0.3 is 5.97 Å². The summed E-state index contributed by atoms with van der Waals surface area (Å²) in [6, 6.07) is 7.64. The summed E-state index contributed by atoms with van der Waals surface area (Å²) in [7, 11) is 0. The second-order valence-corrected chi connectivity index (χ2v) is 7.25. The Morgan fingerprint density at radius 2 is 2.00 bits per heavy atom. The van der Waals surface area contributed by atoms with E-state index in [4.69, 9.17) is 4.74 Å². The van der Waals surface area contributed by atoms with Crippen LogP contribution in [0.15, 0.2) is 29.2 Å². The molecule has 1 atom stereocenters. The maximum Gasteiger partial charge on any atom is 0.307 e. The Bertz CT molecular complexity index is 643. The van der Waals surface area contributed by atoms with Crippen LogP contribution in [0.1, 0.15) is 32.1 Å². The Kier molecular flexibility index (Phi) is 5.40. The lowest BCUT2D eigenvalue weighted by Gasteiger charge is -2.23. The highest BCUT2D eigenvalue weighted by Crippen LogP contribution is 2.36. The van der Waals surface area contributed by atoms with Gasteiger partial charge in [0.2, 0.25) is 5.91 Å². The highest BCUT2D eigenvalue weighted by molar-refractivity contribution is 8.01. The molecule has 2 amide bonds. The molecule has 0 radical (unpaired) electrons. The molecule has 1 saturated carbocycles. The molecule has 0 bridgehead atoms. The molecule has 7 heteroatoms. The zero-order valence-electron chi connectivity index (χ0n) is 13.2. The minimum Gasteiger partial charge on any atom is -0.456 e. The summed E-state index contributed by atoms with van der Waals surface area (Å²) in [4.78, 5) is 36.6. The van der Waals surface area contributed by atoms with E-state index in [9.17, 15) is 14.4 Å². The summed E-state index contributed by atoms with van der Waals surface area (Å²) >= 11 is 1.34. The largest absolute Gasteiger partial charge is 0.456 e. The quantitative estimate of drug-likeness (QED) is 0.796. The van der Waals surface area contributed by atoms with Crippen molar-refractivity contribution in [3.8, 4) is 0 Å². The number of benzene rings is 1. The first kappa shape index (κ1) is 16.8. The molecular weight excluding hydrogens is 328 g/mol. The van der Waals surface area contributed by atoms with E-state index in [1.807, 2.05) is 24.3 Å². The average Bonchev–Trinajstić information content (AvgIpc) is 3.06. The molecule has 1 aliphatic carbocycles. The van der Waals surface area contributed by atoms with Gasteiger partial charge in [-0.25, -0.2) is 0 Å². The summed E-state index contributed by atoms with van der Waals surface area (Å²) in [6.07, 6.45) is 4.16. The number of thioether (sulfide) groups is 1. The minimum atomic E-state index is -0.538. The van der Waals surface area contributed by atoms with Gasteiger partial charge in [-0.2, -0.15) is 0 Å². The number of carbonyl (C=O) groups excluding carboxylic acids is 3. The Morgan fingerprint density at radius 3 is 2.79 bits per heavy atom. The number of hydrogen-bond acceptors (Lipinski definition) is 5. The van der Waals surface area contributed by atoms with Crippen LogP contribution >= 0.6 is 11.8 Å². The van der Waals surface area contributed by atoms with Crippen molar-refractivity contribution in [1.82, 2.24) is 5.32 Å². The van der Waals surface area contributed by atoms with E-state index in [1.165, 1.54) is 11.8 Å². The average molecular weight is 348 g/mol. The number of amides is 2. The number of nitrogens with one attached hydrogen (secondary N) is 2. The van der Waals surface area contributed by atoms with Gasteiger partial charge in [-0.1, -0.05) is 25.0 Å². The fourth-order valence-corrected chi connectivity index (χ4v) is 4.02. The summed E-state index contributed by atoms with van der Waals surface area (Å²) in [5, 5.41) is 5.10. The van der Waals surface area contributed by atoms with E-state index >= 15 is 0 Å². The maximum atomic E-state index is 12.0. The number of para-hydroxylation sites is 1. The summed E-state index contributed by atoms with van der Waals surface area (Å²) in [5.74, 6) is -1.03. The Balaban J connectivity index is 1.45. The van der Waals surface area contributed by atoms with E-state index in [2.05, 4.69) is 10.6 Å². The number of rotatable bonds is 5. The zero-order valence-corrected chi connectivity index (χ0v) is 14.1. The summed E-state index contributed by atoms with van der Waals surface area (Å²) < 4.78 is 5.01. The number of fused-ring (bicyclic) bond motifs is 1. The molecule has 1 aromatic carbocycles. The number of esters is 1. The van der Waals surface area contributed by atoms with Crippen LogP contribution in [0.25, 0.3) is 0 Å². The summed E-state index contributed by atoms with van der Waals surface area (Å²) in [5.41, 5.74) is 0.757. The van der Waals surface area contributed by atoms with Crippen LogP contribution in [0, 0.1) is 0 Å². The SMILES string of the molecule is O=C(COC(=O)C[C@H]1Sc2ccccc2NC1=O)NC1CCCC1. The molecule has 0 aromatic heterocycles. The Hall–Kier alpha value is -2.02. The molecule has 3 rings (SSSR count). The molecule has 128 valence electrons. The molecule has 2 aliphatic rings. The van der Waals surface area contributed by atoms with Crippen LogP contribution in [-0.2, 0) is 19.1 Å². The third-order valence-corrected chi connectivity index (χ3v) is 5.42. The Labute approximate surface area is 144 Å². The van der Waals surface area contributed by atoms with Crippen molar-refractivity contribution >= 4 is 35.2 Å². The molecule has 2 N–H and O–H groups in total. The molecule has 1 aromatic rings. The third kappa shape index (κ3) is 4.29. The molecule has 1 heterocycles. The second-order valence-electron chi connectivity index (χ2n) is 6.01. The standard InChI is InChI=1S/C17H20N2O4S/c20-15(18-11-5-1-2-6-11)10-23-16(21)9-14-17(22)19-12-7-3-4-8-13(12)24-14/h3-4,7-8,11,14H,1-2,5-6,9-10H2,(H,18,20)(H,19,22)/t14-/m1/s1. The van der Waals surface area contributed by atoms with Crippen molar-refractivity contribution in [2.75, 3.05) is 11.9 Å². The highest BCUT2D eigenvalue weighted by Gasteiger charge is 2.29. The van der Waals surface area contributed by atoms with E-state index < -0.39 is 11.2 Å². The fourth-order valence-electron chi connectivity index (χ4n) is 2.92. The molecule has 1 aliphatic heterocycles. The number of ether oxygens (including phenoxy) is 1. The second kappa shape index (κ2) is 7.70. The van der Waals surface area contributed by atoms with Crippen LogP contribution in [0.5, 0.6) is 0 Å². The van der Waals surface area contributed by atoms with Gasteiger partial charge in [-0.05, 0) is 25.0 Å². The molecular formula is C17H20N2O4S. The molecule has 0 spiro atoms. The lowest BCUT2D eigenvalue weighted by Crippen LogP contribution is -2.36. The van der Waals surface area contributed by atoms with Crippen molar-refractivity contribution < 1.29 is 19.1 Å². The minimum absolute atomic E-state index is 0.0540.